The summed E-state index contributed by atoms with van der Waals surface area (Å²) in [6.45, 7) is 7.57. The molecule has 0 saturated heterocycles. The van der Waals surface area contributed by atoms with Crippen molar-refractivity contribution in [1.29, 1.82) is 0 Å². The lowest BCUT2D eigenvalue weighted by Gasteiger charge is -2.26. The van der Waals surface area contributed by atoms with Crippen LogP contribution in [0.25, 0.3) is 11.1 Å². The van der Waals surface area contributed by atoms with E-state index in [1.807, 2.05) is 45.9 Å². The highest BCUT2D eigenvalue weighted by molar-refractivity contribution is 5.70. The first-order chi connectivity index (χ1) is 10.8. The van der Waals surface area contributed by atoms with Crippen LogP contribution < -0.4 is 4.74 Å². The van der Waals surface area contributed by atoms with E-state index in [0.717, 1.165) is 12.0 Å². The van der Waals surface area contributed by atoms with Gasteiger partial charge in [-0.25, -0.2) is 8.78 Å². The van der Waals surface area contributed by atoms with Crippen molar-refractivity contribution in [3.05, 3.63) is 53.3 Å². The van der Waals surface area contributed by atoms with Crippen LogP contribution in [0, 0.1) is 11.2 Å². The van der Waals surface area contributed by atoms with E-state index < -0.39 is 11.6 Å². The molecule has 124 valence electrons. The van der Waals surface area contributed by atoms with Gasteiger partial charge in [0, 0.05) is 5.56 Å². The van der Waals surface area contributed by atoms with E-state index in [9.17, 15) is 4.39 Å². The fourth-order valence-electron chi connectivity index (χ4n) is 2.59. The number of ether oxygens (including phenoxy) is 1. The molecule has 0 unspecified atom stereocenters. The van der Waals surface area contributed by atoms with Crippen molar-refractivity contribution in [3.63, 3.8) is 0 Å². The van der Waals surface area contributed by atoms with Gasteiger partial charge in [-0.3, -0.25) is 0 Å². The second-order valence-electron chi connectivity index (χ2n) is 6.85. The Kier molecular flexibility index (Phi) is 5.08. The minimum atomic E-state index is -1.19. The molecule has 0 saturated carbocycles. The molecular weight excluding hydrogens is 294 g/mol. The molecule has 0 amide bonds. The Balaban J connectivity index is 2.67. The van der Waals surface area contributed by atoms with Crippen LogP contribution in [0.5, 0.6) is 5.75 Å². The second-order valence-corrected chi connectivity index (χ2v) is 6.85. The summed E-state index contributed by atoms with van der Waals surface area (Å²) in [5, 5.41) is 0. The molecule has 2 rings (SSSR count). The average molecular weight is 318 g/mol. The zero-order chi connectivity index (χ0) is 17.2. The van der Waals surface area contributed by atoms with Gasteiger partial charge >= 0.3 is 0 Å². The molecule has 3 heteroatoms. The highest BCUT2D eigenvalue weighted by Crippen LogP contribution is 2.42. The Morgan fingerprint density at radius 3 is 2.30 bits per heavy atom. The molecule has 0 aromatic heterocycles. The van der Waals surface area contributed by atoms with Crippen molar-refractivity contribution >= 4 is 0 Å². The Morgan fingerprint density at radius 1 is 1.04 bits per heavy atom. The molecule has 1 atom stereocenters. The summed E-state index contributed by atoms with van der Waals surface area (Å²) in [5.41, 5.74) is 1.97. The van der Waals surface area contributed by atoms with Crippen molar-refractivity contribution in [3.8, 4) is 16.9 Å². The van der Waals surface area contributed by atoms with Crippen molar-refractivity contribution < 1.29 is 13.5 Å². The minimum absolute atomic E-state index is 0.369. The van der Waals surface area contributed by atoms with Crippen LogP contribution in [-0.4, -0.2) is 7.11 Å². The molecule has 0 N–H and O–H groups in total. The molecule has 23 heavy (non-hydrogen) atoms. The Hall–Kier alpha value is -1.90. The molecular formula is C20H24F2O. The quantitative estimate of drug-likeness (QED) is 0.660. The molecule has 0 heterocycles. The Bertz CT molecular complexity index is 687. The normalized spacial score (nSPS) is 13.0. The van der Waals surface area contributed by atoms with E-state index in [1.165, 1.54) is 13.2 Å². The predicted octanol–water partition coefficient (Wildman–Crippen LogP) is 6.12. The maximum absolute atomic E-state index is 15.1. The monoisotopic (exact) mass is 318 g/mol. The van der Waals surface area contributed by atoms with E-state index >= 15 is 4.39 Å². The highest BCUT2D eigenvalue weighted by Gasteiger charge is 2.29. The van der Waals surface area contributed by atoms with E-state index in [-0.39, 0.29) is 5.82 Å². The first kappa shape index (κ1) is 17.5. The number of hydrogen-bond donors (Lipinski definition) is 0. The predicted molar refractivity (Wildman–Crippen MR) is 91.1 cm³/mol. The van der Waals surface area contributed by atoms with Gasteiger partial charge in [-0.1, -0.05) is 45.9 Å². The number of methoxy groups -OCH3 is 1. The van der Waals surface area contributed by atoms with Crippen LogP contribution in [-0.2, 0) is 6.42 Å². The van der Waals surface area contributed by atoms with Gasteiger partial charge in [0.05, 0.1) is 7.11 Å². The molecule has 2 aromatic carbocycles. The molecule has 0 bridgehead atoms. The fourth-order valence-corrected chi connectivity index (χ4v) is 2.59. The third kappa shape index (κ3) is 3.72. The van der Waals surface area contributed by atoms with Crippen LogP contribution in [0.4, 0.5) is 8.78 Å². The van der Waals surface area contributed by atoms with Crippen molar-refractivity contribution in [2.75, 3.05) is 7.11 Å². The van der Waals surface area contributed by atoms with Gasteiger partial charge in [0.1, 0.15) is 17.7 Å². The van der Waals surface area contributed by atoms with Gasteiger partial charge in [0.2, 0.25) is 0 Å². The minimum Gasteiger partial charge on any atom is -0.497 e. The van der Waals surface area contributed by atoms with Gasteiger partial charge in [-0.05, 0) is 46.7 Å². The summed E-state index contributed by atoms with van der Waals surface area (Å²) < 4.78 is 34.6. The molecule has 0 aliphatic rings. The molecule has 1 nitrogen and oxygen atoms in total. The van der Waals surface area contributed by atoms with E-state index in [2.05, 4.69) is 0 Å². The maximum atomic E-state index is 15.1. The lowest BCUT2D eigenvalue weighted by Crippen LogP contribution is -2.15. The summed E-state index contributed by atoms with van der Waals surface area (Å²) in [7, 11) is 1.53. The van der Waals surface area contributed by atoms with Gasteiger partial charge < -0.3 is 4.74 Å². The summed E-state index contributed by atoms with van der Waals surface area (Å²) in [6.07, 6.45) is -0.375. The molecule has 2 aromatic rings. The van der Waals surface area contributed by atoms with Gasteiger partial charge in [0.25, 0.3) is 0 Å². The van der Waals surface area contributed by atoms with Crippen LogP contribution in [0.3, 0.4) is 0 Å². The third-order valence-electron chi connectivity index (χ3n) is 4.02. The summed E-state index contributed by atoms with van der Waals surface area (Å²) in [5.74, 6) is 0.176. The first-order valence-corrected chi connectivity index (χ1v) is 7.88. The topological polar surface area (TPSA) is 9.23 Å². The van der Waals surface area contributed by atoms with Crippen molar-refractivity contribution in [2.45, 2.75) is 40.3 Å². The third-order valence-corrected chi connectivity index (χ3v) is 4.02. The smallest absolute Gasteiger partial charge is 0.131 e. The van der Waals surface area contributed by atoms with Crippen LogP contribution in [0.1, 0.15) is 45.0 Å². The lowest BCUT2D eigenvalue weighted by molar-refractivity contribution is 0.165. The molecule has 0 aliphatic heterocycles. The number of hydrogen-bond acceptors (Lipinski definition) is 1. The largest absolute Gasteiger partial charge is 0.497 e. The van der Waals surface area contributed by atoms with Crippen molar-refractivity contribution in [1.82, 2.24) is 0 Å². The van der Waals surface area contributed by atoms with E-state index in [4.69, 9.17) is 4.74 Å². The number of rotatable bonds is 4. The van der Waals surface area contributed by atoms with Gasteiger partial charge in [-0.15, -0.1) is 0 Å². The summed E-state index contributed by atoms with van der Waals surface area (Å²) >= 11 is 0. The summed E-state index contributed by atoms with van der Waals surface area (Å²) in [4.78, 5) is 0. The fraction of sp³-hybridized carbons (Fsp3) is 0.400. The van der Waals surface area contributed by atoms with E-state index in [0.29, 0.717) is 22.4 Å². The van der Waals surface area contributed by atoms with Gasteiger partial charge in [0.15, 0.2) is 0 Å². The second kappa shape index (κ2) is 6.69. The Morgan fingerprint density at radius 2 is 1.74 bits per heavy atom. The highest BCUT2D eigenvalue weighted by atomic mass is 19.1. The van der Waals surface area contributed by atoms with Crippen LogP contribution in [0.15, 0.2) is 36.4 Å². The number of benzene rings is 2. The zero-order valence-electron chi connectivity index (χ0n) is 14.4. The number of alkyl halides is 1. The lowest BCUT2D eigenvalue weighted by atomic mass is 9.82. The maximum Gasteiger partial charge on any atom is 0.131 e. The van der Waals surface area contributed by atoms with Crippen LogP contribution in [0.2, 0.25) is 0 Å². The standard InChI is InChI=1S/C20H24F2O/c1-6-13-7-9-15(17(11-13)19(22)20(2,3)4)16-12-14(23-5)8-10-18(16)21/h7-12,19H,6H2,1-5H3/t19-/m1/s1. The Labute approximate surface area is 137 Å². The summed E-state index contributed by atoms with van der Waals surface area (Å²) in [6, 6.07) is 10.1. The molecule has 0 fully saturated rings. The average Bonchev–Trinajstić information content (AvgIpc) is 2.53. The molecule has 0 spiro atoms. The van der Waals surface area contributed by atoms with Gasteiger partial charge in [-0.2, -0.15) is 0 Å². The van der Waals surface area contributed by atoms with Crippen molar-refractivity contribution in [2.24, 2.45) is 5.41 Å². The molecule has 0 aliphatic carbocycles. The van der Waals surface area contributed by atoms with E-state index in [1.54, 1.807) is 12.1 Å². The first-order valence-electron chi connectivity index (χ1n) is 7.88. The van der Waals surface area contributed by atoms with Crippen LogP contribution >= 0.6 is 0 Å². The SMILES string of the molecule is CCc1ccc(-c2cc(OC)ccc2F)c([C@@H](F)C(C)(C)C)c1. The molecule has 0 radical (unpaired) electrons. The zero-order valence-corrected chi connectivity index (χ0v) is 14.4. The number of halogens is 2. The number of aryl methyl sites for hydroxylation is 1.